The molecule has 2 saturated carbocycles. The number of hydrogen-bond donors (Lipinski definition) is 0. The van der Waals surface area contributed by atoms with Crippen LogP contribution < -0.4 is 0 Å². The molecule has 0 heterocycles. The van der Waals surface area contributed by atoms with Crippen LogP contribution in [0.2, 0.25) is 0 Å². The maximum absolute atomic E-state index is 11.8. The van der Waals surface area contributed by atoms with Gasteiger partial charge in [0.2, 0.25) is 0 Å². The van der Waals surface area contributed by atoms with Crippen molar-refractivity contribution in [1.82, 2.24) is 0 Å². The van der Waals surface area contributed by atoms with Gasteiger partial charge in [-0.3, -0.25) is 4.79 Å². The van der Waals surface area contributed by atoms with Crippen LogP contribution in [0.5, 0.6) is 0 Å². The molecule has 0 aliphatic heterocycles. The van der Waals surface area contributed by atoms with Crippen molar-refractivity contribution in [3.8, 4) is 0 Å². The van der Waals surface area contributed by atoms with Crippen LogP contribution in [-0.4, -0.2) is 19.7 Å². The molecule has 0 N–H and O–H groups in total. The van der Waals surface area contributed by atoms with Crippen LogP contribution in [0.1, 0.15) is 72.6 Å². The molecule has 0 spiro atoms. The first-order valence-corrected chi connectivity index (χ1v) is 13.9. The van der Waals surface area contributed by atoms with Gasteiger partial charge in [-0.15, -0.1) is 0 Å². The van der Waals surface area contributed by atoms with E-state index in [1.807, 2.05) is 13.8 Å². The maximum Gasteiger partial charge on any atom is 0.305 e. The molecule has 0 saturated heterocycles. The van der Waals surface area contributed by atoms with Gasteiger partial charge in [-0.2, -0.15) is 0 Å². The van der Waals surface area contributed by atoms with Gasteiger partial charge in [-0.25, -0.2) is 0 Å². The van der Waals surface area contributed by atoms with Crippen LogP contribution >= 0.6 is 30.4 Å². The van der Waals surface area contributed by atoms with Crippen LogP contribution in [0.4, 0.5) is 0 Å². The van der Waals surface area contributed by atoms with E-state index in [0.717, 1.165) is 24.9 Å². The van der Waals surface area contributed by atoms with Gasteiger partial charge in [0.25, 0.3) is 0 Å². The van der Waals surface area contributed by atoms with Crippen LogP contribution in [0.3, 0.4) is 0 Å². The zero-order valence-electron chi connectivity index (χ0n) is 17.6. The molecule has 6 unspecified atom stereocenters. The van der Waals surface area contributed by atoms with Gasteiger partial charge in [-0.1, -0.05) is 39.8 Å². The van der Waals surface area contributed by atoms with Gasteiger partial charge in [0.15, 0.2) is 0 Å². The Morgan fingerprint density at radius 2 is 1.96 bits per heavy atom. The Bertz CT molecular complexity index is 526. The molecule has 156 valence electrons. The third kappa shape index (κ3) is 4.88. The van der Waals surface area contributed by atoms with E-state index in [4.69, 9.17) is 8.92 Å². The number of carbonyl (C=O) groups is 1. The maximum atomic E-state index is 11.8. The van der Waals surface area contributed by atoms with Crippen LogP contribution in [0.25, 0.3) is 0 Å². The summed E-state index contributed by atoms with van der Waals surface area (Å²) in [4.78, 5) is 11.8. The highest BCUT2D eigenvalue weighted by Gasteiger charge is 2.55. The lowest BCUT2D eigenvalue weighted by molar-refractivity contribution is -0.144. The lowest BCUT2D eigenvalue weighted by atomic mass is 9.47. The lowest BCUT2D eigenvalue weighted by Crippen LogP contribution is -2.52. The van der Waals surface area contributed by atoms with Crippen LogP contribution in [0, 0.1) is 34.5 Å². The quantitative estimate of drug-likeness (QED) is 0.167. The number of fused-ring (bicyclic) bond motifs is 3. The van der Waals surface area contributed by atoms with E-state index in [-0.39, 0.29) is 11.4 Å². The molecule has 3 nitrogen and oxygen atoms in total. The van der Waals surface area contributed by atoms with Gasteiger partial charge in [0.05, 0.1) is 22.9 Å². The summed E-state index contributed by atoms with van der Waals surface area (Å²) in [6, 6.07) is 0. The standard InChI is InChI=1S/C20H31IO3S.C2H6/c1-19-10-4-5-16(19)15-7-6-14(13-24-25-21)20(2,17(15)8-11-19)12-9-18(22)23-3;1-2/h4,10,14-17H,5-9,11-13H2,1-3H3;1-2H3. The van der Waals surface area contributed by atoms with E-state index >= 15 is 0 Å². The number of rotatable bonds is 6. The zero-order chi connectivity index (χ0) is 20.1. The number of halogens is 1. The van der Waals surface area contributed by atoms with Crippen molar-refractivity contribution in [2.24, 2.45) is 34.5 Å². The van der Waals surface area contributed by atoms with Gasteiger partial charge >= 0.3 is 5.97 Å². The molecular weight excluding hydrogens is 471 g/mol. The summed E-state index contributed by atoms with van der Waals surface area (Å²) in [5.41, 5.74) is 0.583. The molecule has 27 heavy (non-hydrogen) atoms. The SMILES string of the molecule is CC.COC(=O)CCC1(C)C(COSI)CCC2C3CC=CC3(C)CCC21. The number of hydrogen-bond acceptors (Lipinski definition) is 4. The van der Waals surface area contributed by atoms with Crippen molar-refractivity contribution in [2.75, 3.05) is 13.7 Å². The first kappa shape index (κ1) is 23.5. The first-order chi connectivity index (χ1) is 12.9. The van der Waals surface area contributed by atoms with E-state index in [1.165, 1.54) is 48.4 Å². The molecule has 0 aromatic rings. The predicted octanol–water partition coefficient (Wildman–Crippen LogP) is 7.01. The highest BCUT2D eigenvalue weighted by molar-refractivity contribution is 14.2. The summed E-state index contributed by atoms with van der Waals surface area (Å²) >= 11 is 2.20. The average molecular weight is 509 g/mol. The molecule has 0 amide bonds. The second-order valence-corrected chi connectivity index (χ2v) is 10.2. The van der Waals surface area contributed by atoms with E-state index in [9.17, 15) is 4.79 Å². The number of carbonyl (C=O) groups excluding carboxylic acids is 1. The largest absolute Gasteiger partial charge is 0.469 e. The molecule has 0 aromatic heterocycles. The van der Waals surface area contributed by atoms with E-state index in [2.05, 4.69) is 47.2 Å². The topological polar surface area (TPSA) is 35.5 Å². The van der Waals surface area contributed by atoms with Gasteiger partial charge in [0.1, 0.15) is 0 Å². The zero-order valence-corrected chi connectivity index (χ0v) is 20.6. The highest BCUT2D eigenvalue weighted by atomic mass is 127. The average Bonchev–Trinajstić information content (AvgIpc) is 3.09. The number of esters is 1. The predicted molar refractivity (Wildman–Crippen MR) is 123 cm³/mol. The molecule has 6 atom stereocenters. The molecule has 3 rings (SSSR count). The van der Waals surface area contributed by atoms with Crippen molar-refractivity contribution in [1.29, 1.82) is 0 Å². The van der Waals surface area contributed by atoms with Crippen molar-refractivity contribution in [3.63, 3.8) is 0 Å². The Morgan fingerprint density at radius 1 is 1.22 bits per heavy atom. The summed E-state index contributed by atoms with van der Waals surface area (Å²) in [6.45, 7) is 9.70. The molecule has 0 radical (unpaired) electrons. The summed E-state index contributed by atoms with van der Waals surface area (Å²) in [5.74, 6) is 2.76. The monoisotopic (exact) mass is 508 g/mol. The van der Waals surface area contributed by atoms with Crippen molar-refractivity contribution >= 4 is 36.4 Å². The third-order valence-corrected chi connectivity index (χ3v) is 8.79. The first-order valence-electron chi connectivity index (χ1n) is 10.6. The highest BCUT2D eigenvalue weighted by Crippen LogP contribution is 2.63. The fourth-order valence-corrected chi connectivity index (χ4v) is 6.92. The second-order valence-electron chi connectivity index (χ2n) is 8.76. The van der Waals surface area contributed by atoms with E-state index in [1.54, 1.807) is 0 Å². The molecule has 3 aliphatic carbocycles. The van der Waals surface area contributed by atoms with Crippen molar-refractivity contribution in [3.05, 3.63) is 12.2 Å². The van der Waals surface area contributed by atoms with Gasteiger partial charge in [-0.05, 0) is 73.0 Å². The van der Waals surface area contributed by atoms with E-state index in [0.29, 0.717) is 23.7 Å². The summed E-state index contributed by atoms with van der Waals surface area (Å²) in [5, 5.41) is 0. The minimum Gasteiger partial charge on any atom is -0.469 e. The molecule has 3 aliphatic rings. The Hall–Kier alpha value is 0.250. The van der Waals surface area contributed by atoms with Crippen molar-refractivity contribution in [2.45, 2.75) is 72.6 Å². The van der Waals surface area contributed by atoms with Crippen LogP contribution in [-0.2, 0) is 13.7 Å². The third-order valence-electron chi connectivity index (χ3n) is 7.80. The Morgan fingerprint density at radius 3 is 2.63 bits per heavy atom. The molecule has 0 bridgehead atoms. The fourth-order valence-electron chi connectivity index (χ4n) is 6.26. The minimum atomic E-state index is -0.0746. The smallest absolute Gasteiger partial charge is 0.305 e. The Balaban J connectivity index is 0.00000126. The molecule has 5 heteroatoms. The van der Waals surface area contributed by atoms with Crippen molar-refractivity contribution < 1.29 is 13.7 Å². The number of methoxy groups -OCH3 is 1. The van der Waals surface area contributed by atoms with Crippen LogP contribution in [0.15, 0.2) is 12.2 Å². The molecule has 2 fully saturated rings. The summed E-state index contributed by atoms with van der Waals surface area (Å²) in [7, 11) is 2.94. The fraction of sp³-hybridized carbons (Fsp3) is 0.864. The number of ether oxygens (including phenoxy) is 1. The van der Waals surface area contributed by atoms with E-state index < -0.39 is 0 Å². The van der Waals surface area contributed by atoms with Gasteiger partial charge in [0, 0.05) is 27.6 Å². The summed E-state index contributed by atoms with van der Waals surface area (Å²) in [6.07, 6.45) is 12.7. The molecular formula is C22H37IO3S. The molecule has 0 aromatic carbocycles. The minimum absolute atomic E-state index is 0.0746. The lowest BCUT2D eigenvalue weighted by Gasteiger charge is -2.58. The normalized spacial score (nSPS) is 39.8. The Kier molecular flexibility index (Phi) is 9.00. The Labute approximate surface area is 182 Å². The number of allylic oxidation sites excluding steroid dienone is 2. The summed E-state index contributed by atoms with van der Waals surface area (Å²) < 4.78 is 10.7. The van der Waals surface area contributed by atoms with Gasteiger partial charge < -0.3 is 8.92 Å². The second kappa shape index (κ2) is 10.3.